The lowest BCUT2D eigenvalue weighted by molar-refractivity contribution is 1.47. The molecule has 0 bridgehead atoms. The first-order valence-corrected chi connectivity index (χ1v) is 5.51. The van der Waals surface area contributed by atoms with Crippen LogP contribution in [0, 0.1) is 12.8 Å². The highest BCUT2D eigenvalue weighted by atomic mass is 13.9. The molecule has 0 aromatic heterocycles. The first kappa shape index (κ1) is 16.7. The molecule has 0 heteroatoms. The zero-order valence-corrected chi connectivity index (χ0v) is 10.8. The van der Waals surface area contributed by atoms with Crippen LogP contribution in [-0.4, -0.2) is 0 Å². The molecule has 0 unspecified atom stereocenters. The van der Waals surface area contributed by atoms with Crippen molar-refractivity contribution in [3.05, 3.63) is 40.8 Å². The van der Waals surface area contributed by atoms with Gasteiger partial charge in [-0.2, -0.15) is 0 Å². The van der Waals surface area contributed by atoms with Crippen molar-refractivity contribution in [1.82, 2.24) is 0 Å². The molecule has 0 aliphatic carbocycles. The van der Waals surface area contributed by atoms with Gasteiger partial charge in [-0.3, -0.25) is 0 Å². The summed E-state index contributed by atoms with van der Waals surface area (Å²) < 4.78 is 0. The number of hydrogen-bond donors (Lipinski definition) is 0. The fourth-order valence-electron chi connectivity index (χ4n) is 1.36. The maximum atomic E-state index is 4.00. The van der Waals surface area contributed by atoms with Crippen molar-refractivity contribution >= 4 is 18.2 Å². The third-order valence-corrected chi connectivity index (χ3v) is 1.99. The van der Waals surface area contributed by atoms with E-state index < -0.39 is 0 Å². The van der Waals surface area contributed by atoms with Crippen molar-refractivity contribution in [2.24, 2.45) is 0 Å². The standard InChI is InChI=1S/C12H14.C2H6.C2H2/c1-4-10-8-7-9-11(5-2)12(10)6-3;2*1-2/h4-9H,1H2,2-3H3;1-2H3;1-2H/b11-5-,12-6-;;. The smallest absolute Gasteiger partial charge is 0.0158 e. The van der Waals surface area contributed by atoms with Crippen LogP contribution < -0.4 is 10.4 Å². The molecule has 1 aromatic carbocycles. The molecule has 1 rings (SSSR count). The Labute approximate surface area is 100 Å². The van der Waals surface area contributed by atoms with Gasteiger partial charge >= 0.3 is 0 Å². The summed E-state index contributed by atoms with van der Waals surface area (Å²) in [5.41, 5.74) is 1.20. The Bertz CT molecular complexity index is 419. The van der Waals surface area contributed by atoms with E-state index in [4.69, 9.17) is 0 Å². The summed E-state index contributed by atoms with van der Waals surface area (Å²) in [5, 5.41) is 2.55. The second-order valence-electron chi connectivity index (χ2n) is 2.63. The van der Waals surface area contributed by atoms with E-state index in [1.54, 1.807) is 0 Å². The van der Waals surface area contributed by atoms with E-state index in [-0.39, 0.29) is 0 Å². The maximum Gasteiger partial charge on any atom is -0.0158 e. The number of rotatable bonds is 1. The molecule has 1 aromatic rings. The number of terminal acetylenes is 1. The zero-order chi connectivity index (χ0) is 13.0. The van der Waals surface area contributed by atoms with Crippen LogP contribution in [-0.2, 0) is 0 Å². The van der Waals surface area contributed by atoms with Gasteiger partial charge in [0.05, 0.1) is 0 Å². The van der Waals surface area contributed by atoms with Crippen molar-refractivity contribution in [1.29, 1.82) is 0 Å². The van der Waals surface area contributed by atoms with Crippen LogP contribution in [0.3, 0.4) is 0 Å². The fourth-order valence-corrected chi connectivity index (χ4v) is 1.36. The third kappa shape index (κ3) is 4.66. The first-order valence-electron chi connectivity index (χ1n) is 5.51. The summed E-state index contributed by atoms with van der Waals surface area (Å²) in [7, 11) is 0. The normalized spacial score (nSPS) is 10.6. The number of benzene rings is 1. The van der Waals surface area contributed by atoms with Crippen LogP contribution in [0.4, 0.5) is 0 Å². The minimum atomic E-state index is 1.20. The van der Waals surface area contributed by atoms with Crippen molar-refractivity contribution < 1.29 is 0 Å². The zero-order valence-electron chi connectivity index (χ0n) is 10.8. The monoisotopic (exact) mass is 214 g/mol. The highest BCUT2D eigenvalue weighted by Crippen LogP contribution is 1.89. The van der Waals surface area contributed by atoms with Gasteiger partial charge in [-0.25, -0.2) is 0 Å². The minimum absolute atomic E-state index is 1.20. The van der Waals surface area contributed by atoms with E-state index in [2.05, 4.69) is 63.6 Å². The van der Waals surface area contributed by atoms with Crippen LogP contribution >= 0.6 is 0 Å². The van der Waals surface area contributed by atoms with E-state index >= 15 is 0 Å². The maximum absolute atomic E-state index is 4.00. The van der Waals surface area contributed by atoms with E-state index in [1.807, 2.05) is 19.9 Å². The van der Waals surface area contributed by atoms with Gasteiger partial charge in [0, 0.05) is 0 Å². The molecule has 0 fully saturated rings. The average Bonchev–Trinajstić information content (AvgIpc) is 2.42. The molecule has 0 nitrogen and oxygen atoms in total. The molecule has 16 heavy (non-hydrogen) atoms. The Morgan fingerprint density at radius 2 is 1.62 bits per heavy atom. The molecule has 0 aliphatic rings. The SMILES string of the molecule is C#C.C=Cc1cccc(=C/C)/c1=C\C.CC. The molecule has 0 amide bonds. The van der Waals surface area contributed by atoms with E-state index in [9.17, 15) is 0 Å². The lowest BCUT2D eigenvalue weighted by Gasteiger charge is -1.95. The Kier molecular flexibility index (Phi) is 11.8. The highest BCUT2D eigenvalue weighted by Gasteiger charge is 1.88. The van der Waals surface area contributed by atoms with E-state index in [1.165, 1.54) is 16.0 Å². The molecule has 0 saturated carbocycles. The summed E-state index contributed by atoms with van der Waals surface area (Å²) >= 11 is 0. The molecule has 0 N–H and O–H groups in total. The molecule has 0 radical (unpaired) electrons. The average molecular weight is 214 g/mol. The molecule has 0 aliphatic heterocycles. The molecular formula is C16H22. The van der Waals surface area contributed by atoms with E-state index in [0.717, 1.165) is 0 Å². The van der Waals surface area contributed by atoms with Crippen molar-refractivity contribution in [3.63, 3.8) is 0 Å². The second kappa shape index (κ2) is 11.3. The predicted octanol–water partition coefficient (Wildman–Crippen LogP) is 3.21. The van der Waals surface area contributed by atoms with Gasteiger partial charge in [0.2, 0.25) is 0 Å². The van der Waals surface area contributed by atoms with Gasteiger partial charge in [0.1, 0.15) is 0 Å². The Hall–Kier alpha value is -1.74. The lowest BCUT2D eigenvalue weighted by Crippen LogP contribution is -2.26. The van der Waals surface area contributed by atoms with Crippen molar-refractivity contribution in [2.45, 2.75) is 27.7 Å². The van der Waals surface area contributed by atoms with Crippen LogP contribution in [0.2, 0.25) is 0 Å². The minimum Gasteiger partial charge on any atom is -0.124 e. The van der Waals surface area contributed by atoms with Gasteiger partial charge in [-0.05, 0) is 29.8 Å². The van der Waals surface area contributed by atoms with Crippen molar-refractivity contribution in [3.8, 4) is 12.8 Å². The Morgan fingerprint density at radius 3 is 2.00 bits per heavy atom. The molecule has 0 heterocycles. The van der Waals surface area contributed by atoms with Gasteiger partial charge in [-0.15, -0.1) is 12.8 Å². The topological polar surface area (TPSA) is 0 Å². The summed E-state index contributed by atoms with van der Waals surface area (Å²) in [4.78, 5) is 0. The van der Waals surface area contributed by atoms with Crippen LogP contribution in [0.1, 0.15) is 33.3 Å². The summed E-state index contributed by atoms with van der Waals surface area (Å²) in [6.07, 6.45) is 14.1. The van der Waals surface area contributed by atoms with Gasteiger partial charge in [-0.1, -0.05) is 56.9 Å². The largest absolute Gasteiger partial charge is 0.124 e. The molecule has 0 spiro atoms. The fraction of sp³-hybridized carbons (Fsp3) is 0.250. The number of hydrogen-bond acceptors (Lipinski definition) is 0. The predicted molar refractivity (Wildman–Crippen MR) is 77.3 cm³/mol. The third-order valence-electron chi connectivity index (χ3n) is 1.99. The molecule has 0 saturated heterocycles. The highest BCUT2D eigenvalue weighted by molar-refractivity contribution is 5.51. The first-order chi connectivity index (χ1) is 7.83. The Balaban J connectivity index is 0. The van der Waals surface area contributed by atoms with Crippen LogP contribution in [0.5, 0.6) is 0 Å². The summed E-state index contributed by atoms with van der Waals surface area (Å²) in [6, 6.07) is 6.25. The van der Waals surface area contributed by atoms with Crippen LogP contribution in [0.15, 0.2) is 24.8 Å². The molecular weight excluding hydrogens is 192 g/mol. The Morgan fingerprint density at radius 1 is 1.06 bits per heavy atom. The van der Waals surface area contributed by atoms with Gasteiger partial charge < -0.3 is 0 Å². The van der Waals surface area contributed by atoms with Gasteiger partial charge in [0.25, 0.3) is 0 Å². The molecule has 86 valence electrons. The summed E-state index contributed by atoms with van der Waals surface area (Å²) in [6.45, 7) is 11.9. The van der Waals surface area contributed by atoms with Crippen LogP contribution in [0.25, 0.3) is 18.2 Å². The lowest BCUT2D eigenvalue weighted by atomic mass is 10.1. The van der Waals surface area contributed by atoms with Gasteiger partial charge in [0.15, 0.2) is 0 Å². The second-order valence-corrected chi connectivity index (χ2v) is 2.63. The quantitative estimate of drug-likeness (QED) is 0.630. The summed E-state index contributed by atoms with van der Waals surface area (Å²) in [5.74, 6) is 0. The van der Waals surface area contributed by atoms with Crippen molar-refractivity contribution in [2.75, 3.05) is 0 Å². The molecule has 0 atom stereocenters. The van der Waals surface area contributed by atoms with E-state index in [0.29, 0.717) is 0 Å².